The van der Waals surface area contributed by atoms with Crippen LogP contribution in [-0.4, -0.2) is 17.4 Å². The first-order chi connectivity index (χ1) is 8.10. The van der Waals surface area contributed by atoms with E-state index in [1.807, 2.05) is 69.2 Å². The third-order valence-corrected chi connectivity index (χ3v) is 4.27. The summed E-state index contributed by atoms with van der Waals surface area (Å²) in [5.74, 6) is 0. The van der Waals surface area contributed by atoms with Crippen LogP contribution in [0, 0.1) is 10.8 Å². The largest absolute Gasteiger partial charge is 0.541 e. The smallest absolute Gasteiger partial charge is 0.426 e. The Kier molecular flexibility index (Phi) is 5.10. The van der Waals surface area contributed by atoms with Crippen LogP contribution >= 0.6 is 0 Å². The van der Waals surface area contributed by atoms with E-state index in [4.69, 9.17) is 14.5 Å². The highest BCUT2D eigenvalue weighted by Crippen LogP contribution is 2.35. The molecule has 0 atom stereocenters. The number of carbonyl (C=O) groups excluding carboxylic acids is 1. The molecule has 0 heterocycles. The van der Waals surface area contributed by atoms with E-state index in [1.54, 1.807) is 0 Å². The summed E-state index contributed by atoms with van der Waals surface area (Å²) in [6.45, 7) is 19.5. The first-order valence-corrected chi connectivity index (χ1v) is 6.69. The van der Waals surface area contributed by atoms with Gasteiger partial charge in [-0.15, -0.1) is 0 Å². The van der Waals surface area contributed by atoms with E-state index in [0.717, 1.165) is 0 Å². The molecule has 0 aromatic heterocycles. The van der Waals surface area contributed by atoms with E-state index in [9.17, 15) is 4.79 Å². The quantitative estimate of drug-likeness (QED) is 0.424. The second-order valence-electron chi connectivity index (χ2n) is 8.04. The first-order valence-electron chi connectivity index (χ1n) is 6.69. The molecule has 0 aromatic rings. The zero-order valence-corrected chi connectivity index (χ0v) is 14.1. The van der Waals surface area contributed by atoms with Crippen molar-refractivity contribution >= 4 is 6.16 Å². The lowest BCUT2D eigenvalue weighted by Gasteiger charge is -2.38. The minimum atomic E-state index is -0.808. The lowest BCUT2D eigenvalue weighted by molar-refractivity contribution is -0.344. The molecule has 0 aromatic carbocycles. The van der Waals surface area contributed by atoms with Gasteiger partial charge in [-0.25, -0.2) is 4.79 Å². The molecule has 4 heteroatoms. The predicted octanol–water partition coefficient (Wildman–Crippen LogP) is 4.72. The fourth-order valence-electron chi connectivity index (χ4n) is 0.642. The van der Waals surface area contributed by atoms with Crippen LogP contribution in [0.3, 0.4) is 0 Å². The van der Waals surface area contributed by atoms with Gasteiger partial charge in [0, 0.05) is 5.41 Å². The lowest BCUT2D eigenvalue weighted by atomic mass is 9.79. The average molecular weight is 274 g/mol. The van der Waals surface area contributed by atoms with Gasteiger partial charge in [-0.1, -0.05) is 41.5 Å². The van der Waals surface area contributed by atoms with Gasteiger partial charge in [-0.05, 0) is 33.1 Å². The van der Waals surface area contributed by atoms with Crippen molar-refractivity contribution in [1.29, 1.82) is 0 Å². The molecule has 0 fully saturated rings. The van der Waals surface area contributed by atoms with Crippen LogP contribution in [0.1, 0.15) is 69.2 Å². The summed E-state index contributed by atoms with van der Waals surface area (Å²) in [6.07, 6.45) is -0.808. The monoisotopic (exact) mass is 274 g/mol. The maximum atomic E-state index is 11.7. The van der Waals surface area contributed by atoms with E-state index >= 15 is 0 Å². The summed E-state index contributed by atoms with van der Waals surface area (Å²) in [4.78, 5) is 21.8. The molecular weight excluding hydrogens is 244 g/mol. The van der Waals surface area contributed by atoms with Gasteiger partial charge in [0.15, 0.2) is 0 Å². The van der Waals surface area contributed by atoms with Crippen LogP contribution in [-0.2, 0) is 14.5 Å². The molecule has 19 heavy (non-hydrogen) atoms. The normalized spacial score (nSPS) is 14.2. The lowest BCUT2D eigenvalue weighted by Crippen LogP contribution is -2.43. The number of hydrogen-bond acceptors (Lipinski definition) is 4. The number of rotatable bonds is 3. The zero-order valence-electron chi connectivity index (χ0n) is 14.1. The number of hydrogen-bond donors (Lipinski definition) is 0. The Labute approximate surface area is 117 Å². The van der Waals surface area contributed by atoms with Crippen molar-refractivity contribution in [1.82, 2.24) is 0 Å². The van der Waals surface area contributed by atoms with Crippen LogP contribution in [0.15, 0.2) is 0 Å². The number of ether oxygens (including phenoxy) is 1. The Bertz CT molecular complexity index is 316. The minimum Gasteiger partial charge on any atom is -0.426 e. The maximum absolute atomic E-state index is 11.7. The van der Waals surface area contributed by atoms with Gasteiger partial charge >= 0.3 is 6.16 Å². The molecule has 0 saturated heterocycles. The second kappa shape index (κ2) is 5.31. The summed E-state index contributed by atoms with van der Waals surface area (Å²) in [5, 5.41) is 0. The Hall–Kier alpha value is -0.770. The highest BCUT2D eigenvalue weighted by Gasteiger charge is 2.40. The molecule has 0 rings (SSSR count). The SMILES string of the molecule is CC(C)(C)C(C)(C)OOC(=O)OC(C)(C)C(C)(C)C. The molecule has 0 unspecified atom stereocenters. The van der Waals surface area contributed by atoms with Gasteiger partial charge in [0.2, 0.25) is 0 Å². The van der Waals surface area contributed by atoms with Gasteiger partial charge in [-0.3, -0.25) is 4.89 Å². The molecule has 0 saturated carbocycles. The Morgan fingerprint density at radius 1 is 0.684 bits per heavy atom. The van der Waals surface area contributed by atoms with E-state index in [-0.39, 0.29) is 10.8 Å². The highest BCUT2D eigenvalue weighted by atomic mass is 17.2. The van der Waals surface area contributed by atoms with Crippen LogP contribution in [0.4, 0.5) is 4.79 Å². The third kappa shape index (κ3) is 5.01. The molecule has 0 bridgehead atoms. The van der Waals surface area contributed by atoms with Gasteiger partial charge < -0.3 is 4.74 Å². The van der Waals surface area contributed by atoms with Crippen LogP contribution in [0.25, 0.3) is 0 Å². The molecule has 4 nitrogen and oxygen atoms in total. The molecule has 0 aliphatic carbocycles. The van der Waals surface area contributed by atoms with Crippen molar-refractivity contribution in [3.8, 4) is 0 Å². The summed E-state index contributed by atoms with van der Waals surface area (Å²) >= 11 is 0. The molecular formula is C15H30O4. The summed E-state index contributed by atoms with van der Waals surface area (Å²) in [6, 6.07) is 0. The van der Waals surface area contributed by atoms with Crippen LogP contribution in [0.2, 0.25) is 0 Å². The van der Waals surface area contributed by atoms with Gasteiger partial charge in [0.1, 0.15) is 11.2 Å². The topological polar surface area (TPSA) is 44.8 Å². The van der Waals surface area contributed by atoms with Crippen LogP contribution in [0.5, 0.6) is 0 Å². The first kappa shape index (κ1) is 18.2. The van der Waals surface area contributed by atoms with Gasteiger partial charge in [-0.2, -0.15) is 4.89 Å². The van der Waals surface area contributed by atoms with Crippen molar-refractivity contribution in [3.63, 3.8) is 0 Å². The Morgan fingerprint density at radius 3 is 1.37 bits per heavy atom. The Morgan fingerprint density at radius 2 is 1.05 bits per heavy atom. The fraction of sp³-hybridized carbons (Fsp3) is 0.933. The standard InChI is InChI=1S/C15H30O4/c1-12(2,3)14(7,8)17-11(16)18-19-15(9,10)13(4,5)6/h1-10H3. The number of carbonyl (C=O) groups is 1. The average Bonchev–Trinajstić information content (AvgIpc) is 2.10. The van der Waals surface area contributed by atoms with Crippen molar-refractivity contribution in [3.05, 3.63) is 0 Å². The van der Waals surface area contributed by atoms with E-state index in [2.05, 4.69) is 0 Å². The molecule has 0 aliphatic rings. The van der Waals surface area contributed by atoms with Crippen molar-refractivity contribution in [2.45, 2.75) is 80.4 Å². The second-order valence-corrected chi connectivity index (χ2v) is 8.04. The zero-order chi connectivity index (χ0) is 15.7. The van der Waals surface area contributed by atoms with Gasteiger partial charge in [0.25, 0.3) is 0 Å². The van der Waals surface area contributed by atoms with Crippen molar-refractivity contribution < 1.29 is 19.3 Å². The molecule has 114 valence electrons. The molecule has 0 N–H and O–H groups in total. The third-order valence-electron chi connectivity index (χ3n) is 4.27. The summed E-state index contributed by atoms with van der Waals surface area (Å²) in [5.41, 5.74) is -1.59. The van der Waals surface area contributed by atoms with E-state index in [1.165, 1.54) is 0 Å². The maximum Gasteiger partial charge on any atom is 0.541 e. The minimum absolute atomic E-state index is 0.160. The van der Waals surface area contributed by atoms with E-state index < -0.39 is 17.4 Å². The van der Waals surface area contributed by atoms with Crippen molar-refractivity contribution in [2.75, 3.05) is 0 Å². The van der Waals surface area contributed by atoms with Crippen LogP contribution < -0.4 is 0 Å². The molecule has 0 radical (unpaired) electrons. The fourth-order valence-corrected chi connectivity index (χ4v) is 0.642. The highest BCUT2D eigenvalue weighted by molar-refractivity contribution is 5.59. The summed E-state index contributed by atoms with van der Waals surface area (Å²) < 4.78 is 5.32. The van der Waals surface area contributed by atoms with E-state index in [0.29, 0.717) is 0 Å². The predicted molar refractivity (Wildman–Crippen MR) is 75.7 cm³/mol. The molecule has 0 amide bonds. The Balaban J connectivity index is 4.52. The molecule has 0 spiro atoms. The van der Waals surface area contributed by atoms with Gasteiger partial charge in [0.05, 0.1) is 0 Å². The van der Waals surface area contributed by atoms with Crippen molar-refractivity contribution in [2.24, 2.45) is 10.8 Å². The summed E-state index contributed by atoms with van der Waals surface area (Å²) in [7, 11) is 0. The molecule has 0 aliphatic heterocycles.